The van der Waals surface area contributed by atoms with Crippen LogP contribution in [0.2, 0.25) is 0 Å². The van der Waals surface area contributed by atoms with Gasteiger partial charge in [0.15, 0.2) is 0 Å². The van der Waals surface area contributed by atoms with Crippen LogP contribution < -0.4 is 0 Å². The first kappa shape index (κ1) is 15.8. The van der Waals surface area contributed by atoms with Crippen LogP contribution in [-0.2, 0) is 12.5 Å². The van der Waals surface area contributed by atoms with E-state index in [0.717, 1.165) is 0 Å². The van der Waals surface area contributed by atoms with E-state index in [9.17, 15) is 0 Å². The molecule has 26 heavy (non-hydrogen) atoms. The summed E-state index contributed by atoms with van der Waals surface area (Å²) in [6, 6.07) is 19.7. The van der Waals surface area contributed by atoms with Gasteiger partial charge in [0.1, 0.15) is 0 Å². The molecule has 2 saturated carbocycles. The Morgan fingerprint density at radius 3 is 2.31 bits per heavy atom. The Bertz CT molecular complexity index is 1020. The van der Waals surface area contributed by atoms with E-state index in [2.05, 4.69) is 85.0 Å². The second kappa shape index (κ2) is 5.78. The van der Waals surface area contributed by atoms with Gasteiger partial charge in [-0.3, -0.25) is 0 Å². The van der Waals surface area contributed by atoms with Crippen molar-refractivity contribution < 1.29 is 0 Å². The third-order valence-corrected chi connectivity index (χ3v) is 6.18. The zero-order valence-electron chi connectivity index (χ0n) is 15.6. The SMILES string of the molecule is Cn1c(-c2ccccc2)c(C(C)(C#CC2CC2)C2CC2)c2ccccc21. The fourth-order valence-corrected chi connectivity index (χ4v) is 4.36. The van der Waals surface area contributed by atoms with E-state index < -0.39 is 0 Å². The van der Waals surface area contributed by atoms with Gasteiger partial charge in [0, 0.05) is 29.4 Å². The molecule has 2 aliphatic carbocycles. The molecule has 0 aliphatic heterocycles. The third kappa shape index (κ3) is 2.48. The first-order valence-electron chi connectivity index (χ1n) is 9.84. The lowest BCUT2D eigenvalue weighted by Gasteiger charge is -2.26. The molecule has 0 bridgehead atoms. The molecular weight excluding hydrogens is 314 g/mol. The molecular formula is C25H25N. The summed E-state index contributed by atoms with van der Waals surface area (Å²) < 4.78 is 2.37. The van der Waals surface area contributed by atoms with Crippen LogP contribution >= 0.6 is 0 Å². The summed E-state index contributed by atoms with van der Waals surface area (Å²) in [7, 11) is 2.20. The largest absolute Gasteiger partial charge is 0.343 e. The number of para-hydroxylation sites is 1. The average molecular weight is 339 g/mol. The van der Waals surface area contributed by atoms with Crippen molar-refractivity contribution in [1.29, 1.82) is 0 Å². The molecule has 0 N–H and O–H groups in total. The zero-order valence-corrected chi connectivity index (χ0v) is 15.6. The van der Waals surface area contributed by atoms with Gasteiger partial charge in [-0.25, -0.2) is 0 Å². The van der Waals surface area contributed by atoms with Gasteiger partial charge in [-0.2, -0.15) is 0 Å². The fourth-order valence-electron chi connectivity index (χ4n) is 4.36. The molecule has 1 nitrogen and oxygen atoms in total. The molecule has 0 spiro atoms. The minimum atomic E-state index is -0.0609. The van der Waals surface area contributed by atoms with E-state index >= 15 is 0 Å². The van der Waals surface area contributed by atoms with E-state index in [1.165, 1.54) is 53.4 Å². The lowest BCUT2D eigenvalue weighted by Crippen LogP contribution is -2.23. The number of hydrogen-bond acceptors (Lipinski definition) is 0. The van der Waals surface area contributed by atoms with Gasteiger partial charge in [-0.15, -0.1) is 0 Å². The first-order chi connectivity index (χ1) is 12.7. The summed E-state index contributed by atoms with van der Waals surface area (Å²) in [5.74, 6) is 8.72. The van der Waals surface area contributed by atoms with Crippen LogP contribution in [0.1, 0.15) is 38.2 Å². The molecule has 5 rings (SSSR count). The molecule has 1 unspecified atom stereocenters. The Morgan fingerprint density at radius 2 is 1.62 bits per heavy atom. The van der Waals surface area contributed by atoms with Crippen LogP contribution in [-0.4, -0.2) is 4.57 Å². The number of aryl methyl sites for hydroxylation is 1. The van der Waals surface area contributed by atoms with Crippen LogP contribution in [0.5, 0.6) is 0 Å². The van der Waals surface area contributed by atoms with Crippen LogP contribution in [0.4, 0.5) is 0 Å². The van der Waals surface area contributed by atoms with Gasteiger partial charge in [0.05, 0.1) is 11.1 Å². The first-order valence-corrected chi connectivity index (χ1v) is 9.84. The van der Waals surface area contributed by atoms with Crippen LogP contribution in [0.3, 0.4) is 0 Å². The Kier molecular flexibility index (Phi) is 3.50. The minimum Gasteiger partial charge on any atom is -0.343 e. The number of hydrogen-bond donors (Lipinski definition) is 0. The molecule has 1 aromatic heterocycles. The smallest absolute Gasteiger partial charge is 0.0590 e. The number of nitrogens with zero attached hydrogens (tertiary/aromatic N) is 1. The average Bonchev–Trinajstić information content (AvgIpc) is 3.58. The standard InChI is InChI=1S/C25H25N/c1-25(20-14-15-20,17-16-18-12-13-18)23-21-10-6-7-11-22(21)26(2)24(23)19-8-4-3-5-9-19/h3-11,18,20H,12-15H2,1-2H3. The van der Waals surface area contributed by atoms with Crippen LogP contribution in [0.15, 0.2) is 54.6 Å². The van der Waals surface area contributed by atoms with Crippen molar-refractivity contribution >= 4 is 10.9 Å². The maximum Gasteiger partial charge on any atom is 0.0590 e. The normalized spacial score (nSPS) is 19.0. The summed E-state index contributed by atoms with van der Waals surface area (Å²) in [6.45, 7) is 2.40. The molecule has 0 radical (unpaired) electrons. The van der Waals surface area contributed by atoms with Crippen molar-refractivity contribution in [3.8, 4) is 23.1 Å². The van der Waals surface area contributed by atoms with Crippen LogP contribution in [0.25, 0.3) is 22.2 Å². The van der Waals surface area contributed by atoms with E-state index in [1.807, 2.05) is 0 Å². The number of fused-ring (bicyclic) bond motifs is 1. The highest BCUT2D eigenvalue weighted by Crippen LogP contribution is 2.52. The van der Waals surface area contributed by atoms with Crippen molar-refractivity contribution in [3.05, 3.63) is 60.2 Å². The van der Waals surface area contributed by atoms with E-state index in [0.29, 0.717) is 11.8 Å². The molecule has 0 amide bonds. The van der Waals surface area contributed by atoms with E-state index in [4.69, 9.17) is 0 Å². The second-order valence-corrected chi connectivity index (χ2v) is 8.19. The molecule has 3 aromatic rings. The number of rotatable bonds is 3. The maximum atomic E-state index is 3.79. The van der Waals surface area contributed by atoms with Crippen molar-refractivity contribution in [2.75, 3.05) is 0 Å². The van der Waals surface area contributed by atoms with Gasteiger partial charge in [0.2, 0.25) is 0 Å². The van der Waals surface area contributed by atoms with Gasteiger partial charge in [-0.05, 0) is 50.2 Å². The molecule has 2 aromatic carbocycles. The highest BCUT2D eigenvalue weighted by molar-refractivity contribution is 5.93. The van der Waals surface area contributed by atoms with Gasteiger partial charge in [-0.1, -0.05) is 60.4 Å². The minimum absolute atomic E-state index is 0.0609. The van der Waals surface area contributed by atoms with Crippen molar-refractivity contribution in [1.82, 2.24) is 4.57 Å². The zero-order chi connectivity index (χ0) is 17.7. The highest BCUT2D eigenvalue weighted by Gasteiger charge is 2.45. The highest BCUT2D eigenvalue weighted by atomic mass is 15.0. The van der Waals surface area contributed by atoms with Gasteiger partial charge < -0.3 is 4.57 Å². The Labute approximate surface area is 156 Å². The van der Waals surface area contributed by atoms with Crippen molar-refractivity contribution in [2.24, 2.45) is 18.9 Å². The summed E-state index contributed by atoms with van der Waals surface area (Å²) in [5.41, 5.74) is 5.32. The number of aromatic nitrogens is 1. The molecule has 1 atom stereocenters. The predicted molar refractivity (Wildman–Crippen MR) is 109 cm³/mol. The third-order valence-electron chi connectivity index (χ3n) is 6.18. The molecule has 1 heterocycles. The van der Waals surface area contributed by atoms with Crippen molar-refractivity contribution in [3.63, 3.8) is 0 Å². The monoisotopic (exact) mass is 339 g/mol. The Balaban J connectivity index is 1.82. The summed E-state index contributed by atoms with van der Waals surface area (Å²) >= 11 is 0. The van der Waals surface area contributed by atoms with Gasteiger partial charge >= 0.3 is 0 Å². The molecule has 2 aliphatic rings. The quantitative estimate of drug-likeness (QED) is 0.521. The van der Waals surface area contributed by atoms with Crippen LogP contribution in [0, 0.1) is 23.7 Å². The Morgan fingerprint density at radius 1 is 0.923 bits per heavy atom. The molecule has 130 valence electrons. The maximum absolute atomic E-state index is 3.79. The topological polar surface area (TPSA) is 4.93 Å². The molecule has 0 saturated heterocycles. The van der Waals surface area contributed by atoms with E-state index in [1.54, 1.807) is 0 Å². The van der Waals surface area contributed by atoms with E-state index in [-0.39, 0.29) is 5.41 Å². The Hall–Kier alpha value is -2.46. The lowest BCUT2D eigenvalue weighted by molar-refractivity contribution is 0.539. The molecule has 1 heteroatoms. The van der Waals surface area contributed by atoms with Crippen molar-refractivity contribution in [2.45, 2.75) is 38.0 Å². The fraction of sp³-hybridized carbons (Fsp3) is 0.360. The second-order valence-electron chi connectivity index (χ2n) is 8.19. The van der Waals surface area contributed by atoms with Gasteiger partial charge in [0.25, 0.3) is 0 Å². The summed E-state index contributed by atoms with van der Waals surface area (Å²) in [6.07, 6.45) is 5.17. The summed E-state index contributed by atoms with van der Waals surface area (Å²) in [5, 5.41) is 1.37. The summed E-state index contributed by atoms with van der Waals surface area (Å²) in [4.78, 5) is 0. The molecule has 2 fully saturated rings. The lowest BCUT2D eigenvalue weighted by atomic mass is 9.76. The predicted octanol–water partition coefficient (Wildman–Crippen LogP) is 5.93. The number of benzene rings is 2.